The smallest absolute Gasteiger partial charge is 0.172 e. The molecule has 12 aromatic rings. The average molecular weight is 1510 g/mol. The topological polar surface area (TPSA) is 189 Å². The lowest BCUT2D eigenvalue weighted by Crippen LogP contribution is -2.12. The van der Waals surface area contributed by atoms with Gasteiger partial charge >= 0.3 is 0 Å². The minimum absolute atomic E-state index is 0.290. The van der Waals surface area contributed by atoms with E-state index in [0.717, 1.165) is 189 Å². The van der Waals surface area contributed by atoms with Gasteiger partial charge in [0.15, 0.2) is 46.0 Å². The van der Waals surface area contributed by atoms with Crippen LogP contribution in [0.25, 0.3) is 44.1 Å². The molecule has 584 valence electrons. The first-order valence-corrected chi connectivity index (χ1v) is 43.3. The molecule has 4 N–H and O–H groups in total. The summed E-state index contributed by atoms with van der Waals surface area (Å²) in [5, 5.41) is 0. The Morgan fingerprint density at radius 3 is 0.571 bits per heavy atom. The van der Waals surface area contributed by atoms with Gasteiger partial charge in [-0.25, -0.2) is 19.9 Å². The highest BCUT2D eigenvalue weighted by Crippen LogP contribution is 2.60. The van der Waals surface area contributed by atoms with Gasteiger partial charge in [0, 0.05) is 167 Å². The number of imidazole rings is 4. The Kier molecular flexibility index (Phi) is 22.3. The number of benzene rings is 8. The second-order valence-corrected chi connectivity index (χ2v) is 32.4. The summed E-state index contributed by atoms with van der Waals surface area (Å²) in [5.74, 6) is 12.1. The van der Waals surface area contributed by atoms with Crippen molar-refractivity contribution in [1.29, 1.82) is 0 Å². The summed E-state index contributed by atoms with van der Waals surface area (Å²) in [6.07, 6.45) is 34.7. The van der Waals surface area contributed by atoms with Gasteiger partial charge in [0.05, 0.1) is 44.1 Å². The fraction of sp³-hybridized carbons (Fsp3) is 0.458. The van der Waals surface area contributed by atoms with Crippen LogP contribution in [0.4, 0.5) is 0 Å². The number of fused-ring (bicyclic) bond motifs is 8. The number of ether oxygens (including phenoxy) is 8. The third-order valence-electron chi connectivity index (χ3n) is 24.4. The Labute approximate surface area is 659 Å². The number of aromatic amines is 4. The van der Waals surface area contributed by atoms with Gasteiger partial charge in [-0.15, -0.1) is 0 Å². The van der Waals surface area contributed by atoms with Gasteiger partial charge in [0.2, 0.25) is 0 Å². The summed E-state index contributed by atoms with van der Waals surface area (Å²) in [4.78, 5) is 36.1. The predicted molar refractivity (Wildman–Crippen MR) is 448 cm³/mol. The Bertz CT molecular complexity index is 4480. The van der Waals surface area contributed by atoms with Gasteiger partial charge in [-0.1, -0.05) is 184 Å². The van der Waals surface area contributed by atoms with Gasteiger partial charge in [-0.2, -0.15) is 0 Å². The van der Waals surface area contributed by atoms with Crippen molar-refractivity contribution in [3.8, 4) is 92.0 Å². The van der Waals surface area contributed by atoms with Crippen molar-refractivity contribution in [2.45, 2.75) is 285 Å². The fourth-order valence-corrected chi connectivity index (χ4v) is 18.3. The molecule has 8 bridgehead atoms. The highest BCUT2D eigenvalue weighted by molar-refractivity contribution is 5.85. The van der Waals surface area contributed by atoms with Gasteiger partial charge < -0.3 is 57.8 Å². The van der Waals surface area contributed by atoms with E-state index in [2.05, 4.69) is 148 Å². The molecule has 5 aliphatic rings. The van der Waals surface area contributed by atoms with Crippen molar-refractivity contribution >= 4 is 44.1 Å². The molecule has 0 radical (unpaired) electrons. The van der Waals surface area contributed by atoms with Crippen molar-refractivity contribution in [1.82, 2.24) is 39.9 Å². The van der Waals surface area contributed by atoms with E-state index in [4.69, 9.17) is 57.8 Å². The van der Waals surface area contributed by atoms with Gasteiger partial charge in [-0.3, -0.25) is 0 Å². The van der Waals surface area contributed by atoms with E-state index in [9.17, 15) is 0 Å². The van der Waals surface area contributed by atoms with Crippen LogP contribution in [-0.2, 0) is 25.7 Å². The summed E-state index contributed by atoms with van der Waals surface area (Å²) in [5.41, 5.74) is 14.6. The van der Waals surface area contributed by atoms with Crippen LogP contribution in [0, 0.1) is 0 Å². The van der Waals surface area contributed by atoms with Crippen molar-refractivity contribution in [3.05, 3.63) is 165 Å². The molecular formula is C96H112N8O8. The van der Waals surface area contributed by atoms with Crippen LogP contribution in [-0.4, -0.2) is 39.9 Å². The van der Waals surface area contributed by atoms with Gasteiger partial charge in [0.25, 0.3) is 0 Å². The second-order valence-electron chi connectivity index (χ2n) is 32.4. The molecule has 0 spiro atoms. The van der Waals surface area contributed by atoms with Crippen LogP contribution in [0.1, 0.15) is 327 Å². The number of unbranched alkanes of at least 4 members (excludes halogenated alkanes) is 20. The molecule has 112 heavy (non-hydrogen) atoms. The molecule has 4 aliphatic heterocycles. The Balaban J connectivity index is 0.912. The summed E-state index contributed by atoms with van der Waals surface area (Å²) < 4.78 is 61.1. The van der Waals surface area contributed by atoms with Crippen molar-refractivity contribution in [2.24, 2.45) is 0 Å². The molecule has 4 unspecified atom stereocenters. The predicted octanol–water partition coefficient (Wildman–Crippen LogP) is 28.9. The van der Waals surface area contributed by atoms with Crippen LogP contribution < -0.4 is 37.9 Å². The zero-order chi connectivity index (χ0) is 76.3. The lowest BCUT2D eigenvalue weighted by Gasteiger charge is -2.29. The summed E-state index contributed by atoms with van der Waals surface area (Å²) in [7, 11) is 0. The highest BCUT2D eigenvalue weighted by atomic mass is 16.5. The molecule has 8 aromatic carbocycles. The number of nitrogens with zero attached hydrogens (tertiary/aromatic N) is 4. The zero-order valence-electron chi connectivity index (χ0n) is 67.2. The van der Waals surface area contributed by atoms with Crippen molar-refractivity contribution in [2.75, 3.05) is 0 Å². The molecule has 4 atom stereocenters. The molecule has 0 fully saturated rings. The van der Waals surface area contributed by atoms with E-state index in [1.54, 1.807) is 0 Å². The van der Waals surface area contributed by atoms with Crippen LogP contribution >= 0.6 is 0 Å². The number of H-pyrrole nitrogens is 4. The van der Waals surface area contributed by atoms with E-state index >= 15 is 0 Å². The minimum atomic E-state index is -0.291. The second kappa shape index (κ2) is 33.4. The Morgan fingerprint density at radius 1 is 0.205 bits per heavy atom. The van der Waals surface area contributed by atoms with Gasteiger partial charge in [0.1, 0.15) is 69.3 Å². The molecular weight excluding hydrogens is 1390 g/mol. The largest absolute Gasteiger partial charge is 0.453 e. The first-order chi connectivity index (χ1) is 55.1. The fourth-order valence-electron chi connectivity index (χ4n) is 18.3. The lowest BCUT2D eigenvalue weighted by atomic mass is 9.77. The van der Waals surface area contributed by atoms with Crippen LogP contribution in [0.5, 0.6) is 92.0 Å². The number of hydrogen-bond donors (Lipinski definition) is 4. The summed E-state index contributed by atoms with van der Waals surface area (Å²) in [6, 6.07) is 34.6. The Hall–Kier alpha value is -9.96. The third-order valence-corrected chi connectivity index (χ3v) is 24.4. The number of aryl methyl sites for hydroxylation is 4. The Morgan fingerprint density at radius 2 is 0.384 bits per heavy atom. The first-order valence-electron chi connectivity index (χ1n) is 43.3. The van der Waals surface area contributed by atoms with Crippen LogP contribution in [0.15, 0.2) is 97.1 Å². The van der Waals surface area contributed by atoms with E-state index in [1.165, 1.54) is 103 Å². The highest BCUT2D eigenvalue weighted by Gasteiger charge is 2.39. The normalized spacial score (nSPS) is 16.1. The molecule has 16 heteroatoms. The maximum Gasteiger partial charge on any atom is 0.172 e. The minimum Gasteiger partial charge on any atom is -0.453 e. The van der Waals surface area contributed by atoms with Crippen LogP contribution in [0.3, 0.4) is 0 Å². The standard InChI is InChI=1S/C96H112N8O8/c1-9-17-21-25-29-33-37-93-97-69-45-85-86(46-70(69)98-93)106-78-54-80-64-42-62(78)57(13-5)61-41-63-58(14-6)65-43-67-60(16-8)68-44-66(59(64)15-7)82(110-90-50-74-72(48-88(90)108-80)100-95(102-74)39-35-31-27-23-19-11-3)56-84(68)112-92-52-76-75(103-96(104-76)40-36-32-28-24-20-12-4)51-91(92)111-83(67)55-81(65)109-89-49-73-71(47-87(89)107-79(63)53-77(61)105-85)99-94(101-73)38-34-30-26-22-18-10-2/h41-60H,9-40H2,1-8H3,(H,97,98)(H,99,101)(H,100,102)(H,103,104). The molecule has 17 rings (SSSR count). The number of rotatable bonds is 32. The molecule has 0 saturated heterocycles. The number of hydrogen-bond acceptors (Lipinski definition) is 12. The maximum atomic E-state index is 7.64. The maximum absolute atomic E-state index is 7.64. The first kappa shape index (κ1) is 74.8. The van der Waals surface area contributed by atoms with Crippen LogP contribution in [0.2, 0.25) is 0 Å². The third kappa shape index (κ3) is 15.2. The molecule has 0 amide bonds. The quantitative estimate of drug-likeness (QED) is 0.0293. The summed E-state index contributed by atoms with van der Waals surface area (Å²) >= 11 is 0. The van der Waals surface area contributed by atoms with E-state index in [-0.39, 0.29) is 23.7 Å². The van der Waals surface area contributed by atoms with Crippen molar-refractivity contribution < 1.29 is 37.9 Å². The summed E-state index contributed by atoms with van der Waals surface area (Å²) in [6.45, 7) is 18.2. The van der Waals surface area contributed by atoms with E-state index in [1.807, 2.05) is 24.3 Å². The van der Waals surface area contributed by atoms with Crippen molar-refractivity contribution in [3.63, 3.8) is 0 Å². The average Bonchev–Trinajstić information content (AvgIpc) is 1.49. The molecule has 1 aliphatic carbocycles. The molecule has 4 aromatic heterocycles. The van der Waals surface area contributed by atoms with E-state index in [0.29, 0.717) is 118 Å². The van der Waals surface area contributed by atoms with Gasteiger partial charge in [-0.05, 0) is 75.6 Å². The SMILES string of the molecule is CCCCCCCCc1nc2cc3c(cc2[nH]1)Oc1cc2c4cc1C(CC)c1cc5c(cc1O3)Oc1cc3nc(CCCCCCCC)[nH]c3cc1Oc1cc3c(cc1C5CC)C(CC)c1cc(c(cc1Oc1cc5nc(CCCCCCCC)[nH]c5cc1O3)Oc1cc3[nH]c(CCCCCCCC)nc3cc1O2)C4CC. The zero-order valence-corrected chi connectivity index (χ0v) is 67.2. The van der Waals surface area contributed by atoms with E-state index < -0.39 is 0 Å². The number of aromatic nitrogens is 8. The molecule has 0 saturated carbocycles. The number of nitrogens with one attached hydrogen (secondary N) is 4. The molecule has 8 heterocycles. The lowest BCUT2D eigenvalue weighted by molar-refractivity contribution is 0.401. The monoisotopic (exact) mass is 1500 g/mol. The molecule has 16 nitrogen and oxygen atoms in total.